The zero-order valence-corrected chi connectivity index (χ0v) is 13.5. The first-order valence-corrected chi connectivity index (χ1v) is 8.51. The van der Waals surface area contributed by atoms with Gasteiger partial charge in [0.1, 0.15) is 0 Å². The van der Waals surface area contributed by atoms with Crippen molar-refractivity contribution >= 4 is 0 Å². The molecule has 1 heteroatoms. The van der Waals surface area contributed by atoms with Crippen molar-refractivity contribution in [2.45, 2.75) is 70.3 Å². The summed E-state index contributed by atoms with van der Waals surface area (Å²) in [5, 5.41) is 3.71. The van der Waals surface area contributed by atoms with Gasteiger partial charge in [0.05, 0.1) is 0 Å². The summed E-state index contributed by atoms with van der Waals surface area (Å²) in [6, 6.07) is 11.8. The Bertz CT molecular complexity index is 374. The first kappa shape index (κ1) is 15.6. The molecule has 1 nitrogen and oxygen atoms in total. The number of hydrogen-bond donors (Lipinski definition) is 1. The lowest BCUT2D eigenvalue weighted by Gasteiger charge is -2.45. The van der Waals surface area contributed by atoms with Gasteiger partial charge in [-0.25, -0.2) is 0 Å². The van der Waals surface area contributed by atoms with Crippen LogP contribution in [0.5, 0.6) is 0 Å². The van der Waals surface area contributed by atoms with Gasteiger partial charge < -0.3 is 5.32 Å². The van der Waals surface area contributed by atoms with Crippen LogP contribution in [-0.4, -0.2) is 13.1 Å². The van der Waals surface area contributed by atoms with Crippen molar-refractivity contribution in [3.63, 3.8) is 0 Å². The number of nitrogens with one attached hydrogen (secondary N) is 1. The lowest BCUT2D eigenvalue weighted by atomic mass is 9.64. The number of hydrogen-bond acceptors (Lipinski definition) is 1. The number of rotatable bonds is 6. The summed E-state index contributed by atoms with van der Waals surface area (Å²) in [7, 11) is 2.17. The van der Waals surface area contributed by atoms with E-state index < -0.39 is 0 Å². The monoisotopic (exact) mass is 273 g/mol. The molecule has 1 N–H and O–H groups in total. The van der Waals surface area contributed by atoms with Gasteiger partial charge in [0, 0.05) is 11.5 Å². The van der Waals surface area contributed by atoms with Gasteiger partial charge in [-0.05, 0) is 44.2 Å². The van der Waals surface area contributed by atoms with Crippen LogP contribution in [0.4, 0.5) is 0 Å². The van der Waals surface area contributed by atoms with E-state index in [9.17, 15) is 0 Å². The summed E-state index contributed by atoms with van der Waals surface area (Å²) in [6.45, 7) is 4.73. The number of benzene rings is 1. The predicted molar refractivity (Wildman–Crippen MR) is 88.1 cm³/mol. The summed E-state index contributed by atoms with van der Waals surface area (Å²) in [4.78, 5) is 0. The minimum atomic E-state index is 0.290. The zero-order chi connectivity index (χ0) is 14.4. The maximum absolute atomic E-state index is 3.71. The van der Waals surface area contributed by atoms with E-state index in [1.165, 1.54) is 50.5 Å². The van der Waals surface area contributed by atoms with E-state index in [4.69, 9.17) is 0 Å². The van der Waals surface area contributed by atoms with Gasteiger partial charge in [0.2, 0.25) is 0 Å². The molecule has 1 aromatic carbocycles. The van der Waals surface area contributed by atoms with Crippen LogP contribution in [0, 0.1) is 5.92 Å². The van der Waals surface area contributed by atoms with E-state index in [-0.39, 0.29) is 5.41 Å². The molecule has 112 valence electrons. The van der Waals surface area contributed by atoms with Gasteiger partial charge in [-0.1, -0.05) is 63.4 Å². The van der Waals surface area contributed by atoms with E-state index in [0.717, 1.165) is 5.92 Å². The average molecular weight is 273 g/mol. The highest BCUT2D eigenvalue weighted by Crippen LogP contribution is 2.41. The van der Waals surface area contributed by atoms with Crippen molar-refractivity contribution in [3.8, 4) is 0 Å². The summed E-state index contributed by atoms with van der Waals surface area (Å²) in [6.07, 6.45) is 9.51. The second kappa shape index (κ2) is 7.26. The summed E-state index contributed by atoms with van der Waals surface area (Å²) in [5.74, 6) is 0.842. The summed E-state index contributed by atoms with van der Waals surface area (Å²) < 4.78 is 0. The zero-order valence-electron chi connectivity index (χ0n) is 13.5. The molecule has 1 fully saturated rings. The maximum atomic E-state index is 3.71. The second-order valence-electron chi connectivity index (χ2n) is 6.39. The van der Waals surface area contributed by atoms with Crippen LogP contribution in [0.3, 0.4) is 0 Å². The molecule has 0 amide bonds. The molecule has 20 heavy (non-hydrogen) atoms. The molecule has 1 atom stereocenters. The fraction of sp³-hybridized carbons (Fsp3) is 0.684. The van der Waals surface area contributed by atoms with E-state index in [1.807, 2.05) is 0 Å². The van der Waals surface area contributed by atoms with E-state index >= 15 is 0 Å². The fourth-order valence-electron chi connectivity index (χ4n) is 4.48. The van der Waals surface area contributed by atoms with Crippen LogP contribution < -0.4 is 5.32 Å². The molecule has 0 saturated heterocycles. The standard InChI is InChI=1S/C19H31N/c1-4-19(5-2,17-14-10-7-11-15-17)18(20-3)16-12-8-6-9-13-16/h7,10-11,14-16,18,20H,4-6,8-9,12-13H2,1-3H3. The SMILES string of the molecule is CCC(CC)(c1ccccc1)C(NC)C1CCCCC1. The second-order valence-corrected chi connectivity index (χ2v) is 6.39. The summed E-state index contributed by atoms with van der Waals surface area (Å²) >= 11 is 0. The Kier molecular flexibility index (Phi) is 5.65. The molecule has 0 bridgehead atoms. The lowest BCUT2D eigenvalue weighted by molar-refractivity contribution is 0.172. The van der Waals surface area contributed by atoms with E-state index in [1.54, 1.807) is 0 Å². The van der Waals surface area contributed by atoms with Crippen LogP contribution >= 0.6 is 0 Å². The molecule has 0 aliphatic heterocycles. The van der Waals surface area contributed by atoms with Gasteiger partial charge in [-0.3, -0.25) is 0 Å². The molecule has 0 heterocycles. The Labute approximate surface area is 125 Å². The molecular weight excluding hydrogens is 242 g/mol. The first-order chi connectivity index (χ1) is 9.78. The molecule has 0 spiro atoms. The van der Waals surface area contributed by atoms with Gasteiger partial charge in [-0.15, -0.1) is 0 Å². The summed E-state index contributed by atoms with van der Waals surface area (Å²) in [5.41, 5.74) is 1.81. The van der Waals surface area contributed by atoms with Crippen molar-refractivity contribution in [3.05, 3.63) is 35.9 Å². The highest BCUT2D eigenvalue weighted by molar-refractivity contribution is 5.28. The van der Waals surface area contributed by atoms with Crippen molar-refractivity contribution in [1.82, 2.24) is 5.32 Å². The molecule has 0 aromatic heterocycles. The molecule has 2 rings (SSSR count). The van der Waals surface area contributed by atoms with Gasteiger partial charge in [0.15, 0.2) is 0 Å². The molecule has 1 aromatic rings. The Balaban J connectivity index is 2.33. The third-order valence-corrected chi connectivity index (χ3v) is 5.64. The number of likely N-dealkylation sites (N-methyl/N-ethyl adjacent to an activating group) is 1. The fourth-order valence-corrected chi connectivity index (χ4v) is 4.48. The third-order valence-electron chi connectivity index (χ3n) is 5.64. The van der Waals surface area contributed by atoms with Gasteiger partial charge in [0.25, 0.3) is 0 Å². The van der Waals surface area contributed by atoms with Crippen LogP contribution in [0.2, 0.25) is 0 Å². The first-order valence-electron chi connectivity index (χ1n) is 8.51. The predicted octanol–water partition coefficient (Wildman–Crippen LogP) is 4.91. The Hall–Kier alpha value is -0.820. The van der Waals surface area contributed by atoms with Crippen molar-refractivity contribution in [2.75, 3.05) is 7.05 Å². The normalized spacial score (nSPS) is 18.9. The molecule has 0 radical (unpaired) electrons. The molecule has 1 saturated carbocycles. The topological polar surface area (TPSA) is 12.0 Å². The Morgan fingerprint density at radius 2 is 1.65 bits per heavy atom. The van der Waals surface area contributed by atoms with Crippen molar-refractivity contribution in [2.24, 2.45) is 5.92 Å². The largest absolute Gasteiger partial charge is 0.316 e. The molecule has 1 aliphatic carbocycles. The smallest absolute Gasteiger partial charge is 0.0189 e. The minimum Gasteiger partial charge on any atom is -0.316 e. The van der Waals surface area contributed by atoms with Crippen LogP contribution in [0.15, 0.2) is 30.3 Å². The quantitative estimate of drug-likeness (QED) is 0.776. The van der Waals surface area contributed by atoms with Crippen molar-refractivity contribution in [1.29, 1.82) is 0 Å². The van der Waals surface area contributed by atoms with Gasteiger partial charge >= 0.3 is 0 Å². The Morgan fingerprint density at radius 1 is 1.05 bits per heavy atom. The van der Waals surface area contributed by atoms with Crippen LogP contribution in [0.1, 0.15) is 64.4 Å². The highest BCUT2D eigenvalue weighted by atomic mass is 14.9. The van der Waals surface area contributed by atoms with Crippen LogP contribution in [0.25, 0.3) is 0 Å². The molecular formula is C19H31N. The molecule has 1 unspecified atom stereocenters. The Morgan fingerprint density at radius 3 is 2.15 bits per heavy atom. The lowest BCUT2D eigenvalue weighted by Crippen LogP contribution is -2.51. The highest BCUT2D eigenvalue weighted by Gasteiger charge is 2.40. The average Bonchev–Trinajstić information content (AvgIpc) is 2.54. The van der Waals surface area contributed by atoms with Crippen LogP contribution in [-0.2, 0) is 5.41 Å². The van der Waals surface area contributed by atoms with E-state index in [2.05, 4.69) is 56.5 Å². The van der Waals surface area contributed by atoms with E-state index in [0.29, 0.717) is 6.04 Å². The van der Waals surface area contributed by atoms with Gasteiger partial charge in [-0.2, -0.15) is 0 Å². The minimum absolute atomic E-state index is 0.290. The third kappa shape index (κ3) is 2.93. The maximum Gasteiger partial charge on any atom is 0.0189 e. The molecule has 1 aliphatic rings. The van der Waals surface area contributed by atoms with Crippen molar-refractivity contribution < 1.29 is 0 Å².